The fourth-order valence-corrected chi connectivity index (χ4v) is 3.70. The molecular weight excluding hydrogens is 404 g/mol. The molecule has 32 heavy (non-hydrogen) atoms. The first-order chi connectivity index (χ1) is 15.3. The molecule has 1 atom stereocenters. The van der Waals surface area contributed by atoms with Crippen LogP contribution in [-0.4, -0.2) is 43.0 Å². The fraction of sp³-hybridized carbons (Fsp3) is 0.462. The summed E-state index contributed by atoms with van der Waals surface area (Å²) in [7, 11) is 3.19. The van der Waals surface area contributed by atoms with E-state index in [9.17, 15) is 9.59 Å². The Morgan fingerprint density at radius 3 is 2.31 bits per heavy atom. The quantitative estimate of drug-likeness (QED) is 0.566. The highest BCUT2D eigenvalue weighted by molar-refractivity contribution is 5.88. The molecule has 0 saturated carbocycles. The highest BCUT2D eigenvalue weighted by Gasteiger charge is 2.29. The molecule has 0 aliphatic rings. The molecule has 6 nitrogen and oxygen atoms in total. The van der Waals surface area contributed by atoms with Gasteiger partial charge in [-0.15, -0.1) is 0 Å². The second-order valence-corrected chi connectivity index (χ2v) is 8.22. The van der Waals surface area contributed by atoms with Crippen molar-refractivity contribution in [2.24, 2.45) is 0 Å². The predicted octanol–water partition coefficient (Wildman–Crippen LogP) is 4.28. The van der Waals surface area contributed by atoms with Gasteiger partial charge in [0.1, 0.15) is 6.04 Å². The first-order valence-electron chi connectivity index (χ1n) is 11.2. The third-order valence-electron chi connectivity index (χ3n) is 5.49. The topological polar surface area (TPSA) is 67.9 Å². The molecule has 0 spiro atoms. The zero-order valence-electron chi connectivity index (χ0n) is 20.1. The van der Waals surface area contributed by atoms with Gasteiger partial charge >= 0.3 is 0 Å². The molecule has 0 saturated heterocycles. The Balaban J connectivity index is 2.24. The number of hydrogen-bond donors (Lipinski definition) is 1. The van der Waals surface area contributed by atoms with Crippen molar-refractivity contribution in [3.63, 3.8) is 0 Å². The van der Waals surface area contributed by atoms with E-state index in [1.54, 1.807) is 19.1 Å². The number of methoxy groups -OCH3 is 2. The summed E-state index contributed by atoms with van der Waals surface area (Å²) >= 11 is 0. The standard InChI is InChI=1S/C26H36N2O4/c1-7-22(26(30)27-18(2)3)28(17-21-11-9-8-10-19(21)4)25(29)15-13-20-12-14-23(31-5)24(16-20)32-6/h8-12,14,16,18,22H,7,13,15,17H2,1-6H3,(H,27,30). The molecule has 0 fully saturated rings. The average molecular weight is 441 g/mol. The van der Waals surface area contributed by atoms with E-state index >= 15 is 0 Å². The molecule has 0 bridgehead atoms. The number of hydrogen-bond acceptors (Lipinski definition) is 4. The maximum Gasteiger partial charge on any atom is 0.243 e. The molecule has 0 aliphatic heterocycles. The summed E-state index contributed by atoms with van der Waals surface area (Å²) < 4.78 is 10.7. The van der Waals surface area contributed by atoms with Gasteiger partial charge in [-0.2, -0.15) is 0 Å². The lowest BCUT2D eigenvalue weighted by atomic mass is 10.0. The van der Waals surface area contributed by atoms with Gasteiger partial charge in [0, 0.05) is 19.0 Å². The summed E-state index contributed by atoms with van der Waals surface area (Å²) in [5.74, 6) is 1.13. The van der Waals surface area contributed by atoms with Crippen LogP contribution in [0.3, 0.4) is 0 Å². The zero-order valence-corrected chi connectivity index (χ0v) is 20.1. The third kappa shape index (κ3) is 6.74. The number of ether oxygens (including phenoxy) is 2. The Bertz CT molecular complexity index is 910. The molecule has 2 aromatic rings. The van der Waals surface area contributed by atoms with E-state index in [1.807, 2.05) is 70.2 Å². The second kappa shape index (κ2) is 12.1. The number of aryl methyl sites for hydroxylation is 2. The van der Waals surface area contributed by atoms with Gasteiger partial charge in [0.15, 0.2) is 11.5 Å². The lowest BCUT2D eigenvalue weighted by Gasteiger charge is -2.31. The largest absolute Gasteiger partial charge is 0.493 e. The lowest BCUT2D eigenvalue weighted by molar-refractivity contribution is -0.141. The van der Waals surface area contributed by atoms with E-state index in [0.29, 0.717) is 37.3 Å². The van der Waals surface area contributed by atoms with Gasteiger partial charge in [-0.3, -0.25) is 9.59 Å². The van der Waals surface area contributed by atoms with Crippen LogP contribution in [0.25, 0.3) is 0 Å². The van der Waals surface area contributed by atoms with Crippen LogP contribution in [0.1, 0.15) is 50.3 Å². The number of nitrogens with one attached hydrogen (secondary N) is 1. The molecule has 174 valence electrons. The molecule has 2 amide bonds. The Hall–Kier alpha value is -3.02. The van der Waals surface area contributed by atoms with E-state index in [1.165, 1.54) is 0 Å². The SMILES string of the molecule is CCC(C(=O)NC(C)C)N(Cc1ccccc1C)C(=O)CCc1ccc(OC)c(OC)c1. The number of benzene rings is 2. The van der Waals surface area contributed by atoms with Gasteiger partial charge in [0.25, 0.3) is 0 Å². The summed E-state index contributed by atoms with van der Waals surface area (Å²) in [5.41, 5.74) is 3.12. The van der Waals surface area contributed by atoms with Gasteiger partial charge in [0.05, 0.1) is 14.2 Å². The Morgan fingerprint density at radius 2 is 1.72 bits per heavy atom. The summed E-state index contributed by atoms with van der Waals surface area (Å²) in [5, 5.41) is 2.97. The molecule has 0 aromatic heterocycles. The van der Waals surface area contributed by atoms with E-state index in [-0.39, 0.29) is 17.9 Å². The minimum Gasteiger partial charge on any atom is -0.493 e. The monoisotopic (exact) mass is 440 g/mol. The van der Waals surface area contributed by atoms with Crippen molar-refractivity contribution < 1.29 is 19.1 Å². The van der Waals surface area contributed by atoms with Gasteiger partial charge < -0.3 is 19.7 Å². The van der Waals surface area contributed by atoms with Gasteiger partial charge in [0.2, 0.25) is 11.8 Å². The van der Waals surface area contributed by atoms with Crippen LogP contribution >= 0.6 is 0 Å². The first-order valence-corrected chi connectivity index (χ1v) is 11.2. The fourth-order valence-electron chi connectivity index (χ4n) is 3.70. The molecule has 1 N–H and O–H groups in total. The number of rotatable bonds is 11. The smallest absolute Gasteiger partial charge is 0.243 e. The van der Waals surface area contributed by atoms with Gasteiger partial charge in [-0.1, -0.05) is 37.3 Å². The predicted molar refractivity (Wildman–Crippen MR) is 127 cm³/mol. The highest BCUT2D eigenvalue weighted by Crippen LogP contribution is 2.28. The molecule has 2 rings (SSSR count). The van der Waals surface area contributed by atoms with Gasteiger partial charge in [-0.05, 0) is 62.4 Å². The maximum atomic E-state index is 13.4. The molecule has 0 heterocycles. The molecule has 6 heteroatoms. The molecule has 2 aromatic carbocycles. The van der Waals surface area contributed by atoms with Crippen LogP contribution in [0.4, 0.5) is 0 Å². The lowest BCUT2D eigenvalue weighted by Crippen LogP contribution is -2.50. The second-order valence-electron chi connectivity index (χ2n) is 8.22. The van der Waals surface area contributed by atoms with Crippen molar-refractivity contribution in [1.82, 2.24) is 10.2 Å². The Kier molecular flexibility index (Phi) is 9.57. The number of amides is 2. The minimum atomic E-state index is -0.519. The van der Waals surface area contributed by atoms with Crippen molar-refractivity contribution in [3.05, 3.63) is 59.2 Å². The van der Waals surface area contributed by atoms with Crippen LogP contribution in [0, 0.1) is 6.92 Å². The zero-order chi connectivity index (χ0) is 23.7. The summed E-state index contributed by atoms with van der Waals surface area (Å²) in [4.78, 5) is 28.0. The molecule has 0 radical (unpaired) electrons. The van der Waals surface area contributed by atoms with E-state index in [0.717, 1.165) is 16.7 Å². The van der Waals surface area contributed by atoms with E-state index in [2.05, 4.69) is 5.32 Å². The average Bonchev–Trinajstić information content (AvgIpc) is 2.77. The van der Waals surface area contributed by atoms with Gasteiger partial charge in [-0.25, -0.2) is 0 Å². The van der Waals surface area contributed by atoms with Crippen LogP contribution in [0.5, 0.6) is 11.5 Å². The molecular formula is C26H36N2O4. The van der Waals surface area contributed by atoms with Crippen molar-refractivity contribution in [3.8, 4) is 11.5 Å². The van der Waals surface area contributed by atoms with Crippen LogP contribution in [0.15, 0.2) is 42.5 Å². The van der Waals surface area contributed by atoms with E-state index in [4.69, 9.17) is 9.47 Å². The number of carbonyl (C=O) groups excluding carboxylic acids is 2. The first kappa shape index (κ1) is 25.2. The van der Waals surface area contributed by atoms with Crippen molar-refractivity contribution in [2.75, 3.05) is 14.2 Å². The summed E-state index contributed by atoms with van der Waals surface area (Å²) in [6.07, 6.45) is 1.39. The third-order valence-corrected chi connectivity index (χ3v) is 5.49. The Morgan fingerprint density at radius 1 is 1.03 bits per heavy atom. The summed E-state index contributed by atoms with van der Waals surface area (Å²) in [6.45, 7) is 8.22. The van der Waals surface area contributed by atoms with Crippen LogP contribution in [0.2, 0.25) is 0 Å². The number of carbonyl (C=O) groups is 2. The Labute approximate surface area is 191 Å². The van der Waals surface area contributed by atoms with Crippen molar-refractivity contribution in [1.29, 1.82) is 0 Å². The van der Waals surface area contributed by atoms with Crippen LogP contribution < -0.4 is 14.8 Å². The highest BCUT2D eigenvalue weighted by atomic mass is 16.5. The maximum absolute atomic E-state index is 13.4. The number of nitrogens with zero attached hydrogens (tertiary/aromatic N) is 1. The molecule has 1 unspecified atom stereocenters. The summed E-state index contributed by atoms with van der Waals surface area (Å²) in [6, 6.07) is 13.1. The minimum absolute atomic E-state index is 0.0127. The van der Waals surface area contributed by atoms with E-state index < -0.39 is 6.04 Å². The normalized spacial score (nSPS) is 11.7. The van der Waals surface area contributed by atoms with Crippen molar-refractivity contribution in [2.45, 2.75) is 65.6 Å². The van der Waals surface area contributed by atoms with Crippen LogP contribution in [-0.2, 0) is 22.6 Å². The van der Waals surface area contributed by atoms with Crippen molar-refractivity contribution >= 4 is 11.8 Å². The molecule has 0 aliphatic carbocycles.